The molecule has 106 valence electrons. The van der Waals surface area contributed by atoms with E-state index in [1.54, 1.807) is 0 Å². The van der Waals surface area contributed by atoms with E-state index < -0.39 is 6.04 Å². The Balaban J connectivity index is 2.50. The van der Waals surface area contributed by atoms with E-state index in [1.165, 1.54) is 32.8 Å². The Bertz CT molecular complexity index is 250. The second-order valence-corrected chi connectivity index (χ2v) is 5.75. The Morgan fingerprint density at radius 3 is 2.50 bits per heavy atom. The van der Waals surface area contributed by atoms with Gasteiger partial charge in [-0.25, -0.2) is 0 Å². The van der Waals surface area contributed by atoms with Crippen LogP contribution in [0.1, 0.15) is 46.0 Å². The van der Waals surface area contributed by atoms with Crippen molar-refractivity contribution in [3.8, 4) is 0 Å². The van der Waals surface area contributed by atoms with Crippen LogP contribution in [0.4, 0.5) is 0 Å². The lowest BCUT2D eigenvalue weighted by atomic mass is 10.1. The summed E-state index contributed by atoms with van der Waals surface area (Å²) in [4.78, 5) is 13.8. The zero-order valence-corrected chi connectivity index (χ0v) is 12.0. The van der Waals surface area contributed by atoms with Crippen molar-refractivity contribution in [2.24, 2.45) is 11.7 Å². The molecule has 0 heterocycles. The van der Waals surface area contributed by atoms with Crippen molar-refractivity contribution in [3.05, 3.63) is 0 Å². The van der Waals surface area contributed by atoms with Crippen molar-refractivity contribution in [2.45, 2.75) is 58.0 Å². The van der Waals surface area contributed by atoms with Crippen molar-refractivity contribution >= 4 is 5.97 Å². The third kappa shape index (κ3) is 4.94. The van der Waals surface area contributed by atoms with E-state index in [9.17, 15) is 4.79 Å². The van der Waals surface area contributed by atoms with Gasteiger partial charge in [-0.1, -0.05) is 26.7 Å². The monoisotopic (exact) mass is 256 g/mol. The average Bonchev–Trinajstić information content (AvgIpc) is 2.86. The van der Waals surface area contributed by atoms with Gasteiger partial charge >= 0.3 is 5.97 Å². The van der Waals surface area contributed by atoms with E-state index in [2.05, 4.69) is 18.7 Å². The summed E-state index contributed by atoms with van der Waals surface area (Å²) in [5.41, 5.74) is 5.89. The van der Waals surface area contributed by atoms with E-state index in [0.717, 1.165) is 13.0 Å². The van der Waals surface area contributed by atoms with Crippen molar-refractivity contribution in [2.75, 3.05) is 20.2 Å². The van der Waals surface area contributed by atoms with Crippen LogP contribution in [0.3, 0.4) is 0 Å². The Hall–Kier alpha value is -0.610. The van der Waals surface area contributed by atoms with Crippen molar-refractivity contribution in [3.63, 3.8) is 0 Å². The highest BCUT2D eigenvalue weighted by molar-refractivity contribution is 5.75. The number of nitrogens with two attached hydrogens (primary N) is 1. The summed E-state index contributed by atoms with van der Waals surface area (Å²) in [6.07, 6.45) is 6.25. The highest BCUT2D eigenvalue weighted by atomic mass is 16.5. The summed E-state index contributed by atoms with van der Waals surface area (Å²) in [5, 5.41) is 0. The number of carbonyl (C=O) groups is 1. The Labute approximate surface area is 111 Å². The molecule has 1 saturated carbocycles. The van der Waals surface area contributed by atoms with Crippen LogP contribution in [0.5, 0.6) is 0 Å². The molecule has 4 nitrogen and oxygen atoms in total. The zero-order valence-electron chi connectivity index (χ0n) is 12.0. The molecule has 1 atom stereocenters. The van der Waals surface area contributed by atoms with Crippen LogP contribution in [0.2, 0.25) is 0 Å². The first kappa shape index (κ1) is 15.4. The third-order valence-corrected chi connectivity index (χ3v) is 3.77. The van der Waals surface area contributed by atoms with Crippen LogP contribution in [0, 0.1) is 5.92 Å². The lowest BCUT2D eigenvalue weighted by molar-refractivity contribution is -0.142. The molecule has 2 N–H and O–H groups in total. The van der Waals surface area contributed by atoms with Gasteiger partial charge in [-0.15, -0.1) is 0 Å². The predicted octanol–water partition coefficient (Wildman–Crippen LogP) is 1.78. The molecule has 4 heteroatoms. The number of carbonyl (C=O) groups excluding carboxylic acids is 1. The molecule has 1 aliphatic rings. The second kappa shape index (κ2) is 7.74. The van der Waals surface area contributed by atoms with Gasteiger partial charge in [-0.2, -0.15) is 0 Å². The summed E-state index contributed by atoms with van der Waals surface area (Å²) in [6.45, 7) is 6.12. The molecular formula is C14H28N2O2. The van der Waals surface area contributed by atoms with Gasteiger partial charge in [-0.3, -0.25) is 9.69 Å². The van der Waals surface area contributed by atoms with E-state index in [1.807, 2.05) is 0 Å². The number of ether oxygens (including phenoxy) is 1. The number of nitrogens with zero attached hydrogens (tertiary/aromatic N) is 1. The molecule has 0 aromatic heterocycles. The molecule has 1 aliphatic carbocycles. The van der Waals surface area contributed by atoms with Gasteiger partial charge in [0.15, 0.2) is 0 Å². The minimum atomic E-state index is -0.511. The van der Waals surface area contributed by atoms with Crippen LogP contribution in [-0.2, 0) is 9.53 Å². The van der Waals surface area contributed by atoms with E-state index >= 15 is 0 Å². The van der Waals surface area contributed by atoms with Crippen LogP contribution < -0.4 is 5.73 Å². The quantitative estimate of drug-likeness (QED) is 0.705. The fourth-order valence-corrected chi connectivity index (χ4v) is 2.59. The summed E-state index contributed by atoms with van der Waals surface area (Å²) in [5.74, 6) is 0.380. The third-order valence-electron chi connectivity index (χ3n) is 3.77. The largest absolute Gasteiger partial charge is 0.468 e. The lowest BCUT2D eigenvalue weighted by Crippen LogP contribution is -2.47. The van der Waals surface area contributed by atoms with Gasteiger partial charge in [0.2, 0.25) is 0 Å². The topological polar surface area (TPSA) is 55.6 Å². The standard InChI is InChI=1S/C14H28N2O2/c1-11(2)8-9-16(12-6-4-5-7-12)10-13(15)14(17)18-3/h11-13H,4-10,15H2,1-3H3. The van der Waals surface area contributed by atoms with Gasteiger partial charge < -0.3 is 10.5 Å². The molecular weight excluding hydrogens is 228 g/mol. The van der Waals surface area contributed by atoms with Crippen molar-refractivity contribution in [1.82, 2.24) is 4.90 Å². The minimum Gasteiger partial charge on any atom is -0.468 e. The van der Waals surface area contributed by atoms with Crippen LogP contribution in [0.25, 0.3) is 0 Å². The number of hydrogen-bond donors (Lipinski definition) is 1. The summed E-state index contributed by atoms with van der Waals surface area (Å²) < 4.78 is 4.71. The number of esters is 1. The molecule has 0 aromatic carbocycles. The summed E-state index contributed by atoms with van der Waals surface area (Å²) in [6, 6.07) is 0.0993. The Morgan fingerprint density at radius 2 is 2.00 bits per heavy atom. The molecule has 0 amide bonds. The molecule has 0 spiro atoms. The van der Waals surface area contributed by atoms with Gasteiger partial charge in [0.25, 0.3) is 0 Å². The molecule has 0 saturated heterocycles. The highest BCUT2D eigenvalue weighted by Gasteiger charge is 2.26. The van der Waals surface area contributed by atoms with Crippen LogP contribution in [-0.4, -0.2) is 43.2 Å². The fraction of sp³-hybridized carbons (Fsp3) is 0.929. The highest BCUT2D eigenvalue weighted by Crippen LogP contribution is 2.24. The van der Waals surface area contributed by atoms with E-state index in [-0.39, 0.29) is 5.97 Å². The van der Waals surface area contributed by atoms with Gasteiger partial charge in [0.05, 0.1) is 7.11 Å². The average molecular weight is 256 g/mol. The molecule has 1 unspecified atom stereocenters. The van der Waals surface area contributed by atoms with Gasteiger partial charge in [-0.05, 0) is 31.7 Å². The minimum absolute atomic E-state index is 0.303. The number of rotatable bonds is 7. The van der Waals surface area contributed by atoms with E-state index in [0.29, 0.717) is 18.5 Å². The normalized spacial score (nSPS) is 18.6. The maximum Gasteiger partial charge on any atom is 0.323 e. The smallest absolute Gasteiger partial charge is 0.323 e. The number of methoxy groups -OCH3 is 1. The predicted molar refractivity (Wildman–Crippen MR) is 73.3 cm³/mol. The molecule has 0 bridgehead atoms. The van der Waals surface area contributed by atoms with Crippen molar-refractivity contribution in [1.29, 1.82) is 0 Å². The Kier molecular flexibility index (Phi) is 6.65. The number of hydrogen-bond acceptors (Lipinski definition) is 4. The molecule has 1 rings (SSSR count). The lowest BCUT2D eigenvalue weighted by Gasteiger charge is -2.31. The molecule has 0 radical (unpaired) electrons. The first-order chi connectivity index (χ1) is 8.54. The SMILES string of the molecule is COC(=O)C(N)CN(CCC(C)C)C1CCCC1. The van der Waals surface area contributed by atoms with Gasteiger partial charge in [0, 0.05) is 12.6 Å². The maximum absolute atomic E-state index is 11.4. The first-order valence-electron chi connectivity index (χ1n) is 7.12. The van der Waals surface area contributed by atoms with Crippen LogP contribution >= 0.6 is 0 Å². The Morgan fingerprint density at radius 1 is 1.39 bits per heavy atom. The first-order valence-corrected chi connectivity index (χ1v) is 7.12. The van der Waals surface area contributed by atoms with Crippen molar-refractivity contribution < 1.29 is 9.53 Å². The molecule has 18 heavy (non-hydrogen) atoms. The van der Waals surface area contributed by atoms with Crippen LogP contribution in [0.15, 0.2) is 0 Å². The van der Waals surface area contributed by atoms with Gasteiger partial charge in [0.1, 0.15) is 6.04 Å². The fourth-order valence-electron chi connectivity index (χ4n) is 2.59. The maximum atomic E-state index is 11.4. The molecule has 0 aliphatic heterocycles. The summed E-state index contributed by atoms with van der Waals surface area (Å²) in [7, 11) is 1.40. The molecule has 0 aromatic rings. The second-order valence-electron chi connectivity index (χ2n) is 5.75. The summed E-state index contributed by atoms with van der Waals surface area (Å²) >= 11 is 0. The molecule has 1 fully saturated rings. The van der Waals surface area contributed by atoms with E-state index in [4.69, 9.17) is 10.5 Å². The zero-order chi connectivity index (χ0) is 13.5.